The predicted octanol–water partition coefficient (Wildman–Crippen LogP) is 3.40. The molecule has 0 N–H and O–H groups in total. The Hall–Kier alpha value is -1.92. The number of hydrogen-bond donors (Lipinski definition) is 0. The lowest BCUT2D eigenvalue weighted by Crippen LogP contribution is -2.42. The molecule has 1 aliphatic carbocycles. The summed E-state index contributed by atoms with van der Waals surface area (Å²) in [5.41, 5.74) is -0.0516. The average molecular weight is 288 g/mol. The fourth-order valence-corrected chi connectivity index (χ4v) is 2.52. The lowest BCUT2D eigenvalue weighted by molar-refractivity contribution is -0.274. The van der Waals surface area contributed by atoms with Gasteiger partial charge in [-0.05, 0) is 31.0 Å². The Morgan fingerprint density at radius 1 is 1.15 bits per heavy atom. The monoisotopic (exact) mass is 288 g/mol. The van der Waals surface area contributed by atoms with Crippen LogP contribution in [0.25, 0.3) is 0 Å². The van der Waals surface area contributed by atoms with Gasteiger partial charge in [0.15, 0.2) is 0 Å². The van der Waals surface area contributed by atoms with E-state index in [1.54, 1.807) is 0 Å². The van der Waals surface area contributed by atoms with Crippen LogP contribution < -0.4 is 9.47 Å². The van der Waals surface area contributed by atoms with Gasteiger partial charge in [0, 0.05) is 12.8 Å². The maximum Gasteiger partial charge on any atom is 0.573 e. The molecule has 0 aromatic heterocycles. The van der Waals surface area contributed by atoms with E-state index in [0.29, 0.717) is 12.8 Å². The van der Waals surface area contributed by atoms with Gasteiger partial charge in [0.25, 0.3) is 5.79 Å². The van der Waals surface area contributed by atoms with Crippen molar-refractivity contribution in [2.24, 2.45) is 0 Å². The highest BCUT2D eigenvalue weighted by Gasteiger charge is 2.45. The lowest BCUT2D eigenvalue weighted by atomic mass is 10.1. The number of fused-ring (bicyclic) bond motifs is 1. The van der Waals surface area contributed by atoms with Gasteiger partial charge in [0.05, 0.1) is 0 Å². The molecule has 1 saturated carbocycles. The van der Waals surface area contributed by atoms with Crippen molar-refractivity contribution in [2.75, 3.05) is 0 Å². The fourth-order valence-electron chi connectivity index (χ4n) is 2.52. The molecule has 0 atom stereocenters. The largest absolute Gasteiger partial charge is 0.573 e. The Labute approximate surface area is 112 Å². The quantitative estimate of drug-likeness (QED) is 0.743. The van der Waals surface area contributed by atoms with Gasteiger partial charge >= 0.3 is 12.3 Å². The minimum absolute atomic E-state index is 0.0516. The van der Waals surface area contributed by atoms with Crippen LogP contribution in [0.3, 0.4) is 0 Å². The van der Waals surface area contributed by atoms with Crippen molar-refractivity contribution in [2.45, 2.75) is 37.8 Å². The van der Waals surface area contributed by atoms with Gasteiger partial charge in [-0.2, -0.15) is 0 Å². The molecule has 4 nitrogen and oxygen atoms in total. The molecule has 2 aliphatic rings. The fraction of sp³-hybridized carbons (Fsp3) is 0.462. The number of carbonyl (C=O) groups is 1. The summed E-state index contributed by atoms with van der Waals surface area (Å²) in [6.07, 6.45) is -1.84. The van der Waals surface area contributed by atoms with Crippen molar-refractivity contribution in [3.63, 3.8) is 0 Å². The zero-order valence-electron chi connectivity index (χ0n) is 10.3. The second-order valence-corrected chi connectivity index (χ2v) is 4.82. The molecular formula is C13H11F3O4. The van der Waals surface area contributed by atoms with Gasteiger partial charge < -0.3 is 14.2 Å². The molecule has 0 bridgehead atoms. The average Bonchev–Trinajstić information content (AvgIpc) is 2.76. The molecule has 0 saturated heterocycles. The number of hydrogen-bond acceptors (Lipinski definition) is 4. The Bertz CT molecular complexity index is 547. The van der Waals surface area contributed by atoms with E-state index in [1.807, 2.05) is 0 Å². The van der Waals surface area contributed by atoms with Crippen LogP contribution >= 0.6 is 0 Å². The van der Waals surface area contributed by atoms with Crippen LogP contribution in [-0.4, -0.2) is 18.1 Å². The number of benzene rings is 1. The number of esters is 1. The van der Waals surface area contributed by atoms with Gasteiger partial charge in [-0.3, -0.25) is 0 Å². The van der Waals surface area contributed by atoms with Gasteiger partial charge in [-0.25, -0.2) is 4.79 Å². The van der Waals surface area contributed by atoms with Crippen molar-refractivity contribution < 1.29 is 32.2 Å². The summed E-state index contributed by atoms with van der Waals surface area (Å²) in [5.74, 6) is -1.87. The topological polar surface area (TPSA) is 44.8 Å². The Kier molecular flexibility index (Phi) is 2.81. The molecule has 20 heavy (non-hydrogen) atoms. The van der Waals surface area contributed by atoms with E-state index in [2.05, 4.69) is 4.74 Å². The maximum atomic E-state index is 12.1. The SMILES string of the molecule is O=C1OC2(CCCC2)Oc2ccc(OC(F)(F)F)cc21. The third-order valence-electron chi connectivity index (χ3n) is 3.34. The van der Waals surface area contributed by atoms with Crippen molar-refractivity contribution in [1.82, 2.24) is 0 Å². The van der Waals surface area contributed by atoms with Crippen molar-refractivity contribution in [1.29, 1.82) is 0 Å². The summed E-state index contributed by atoms with van der Waals surface area (Å²) < 4.78 is 51.1. The molecule has 1 heterocycles. The zero-order chi connectivity index (χ0) is 14.4. The molecule has 1 spiro atoms. The first-order chi connectivity index (χ1) is 9.37. The predicted molar refractivity (Wildman–Crippen MR) is 60.4 cm³/mol. The highest BCUT2D eigenvalue weighted by molar-refractivity contribution is 5.94. The van der Waals surface area contributed by atoms with Crippen molar-refractivity contribution >= 4 is 5.97 Å². The van der Waals surface area contributed by atoms with Gasteiger partial charge in [0.2, 0.25) is 0 Å². The number of halogens is 3. The molecule has 3 rings (SSSR count). The molecule has 1 aromatic rings. The smallest absolute Gasteiger partial charge is 0.451 e. The number of alkyl halides is 3. The first kappa shape index (κ1) is 13.1. The number of ether oxygens (including phenoxy) is 3. The van der Waals surface area contributed by atoms with E-state index in [1.165, 1.54) is 6.07 Å². The van der Waals surface area contributed by atoms with Crippen LogP contribution in [0.15, 0.2) is 18.2 Å². The standard InChI is InChI=1S/C13H11F3O4/c14-13(15,16)18-8-3-4-10-9(7-8)11(17)20-12(19-10)5-1-2-6-12/h3-4,7H,1-2,5-6H2. The van der Waals surface area contributed by atoms with E-state index >= 15 is 0 Å². The third kappa shape index (κ3) is 2.39. The summed E-state index contributed by atoms with van der Waals surface area (Å²) in [7, 11) is 0. The molecular weight excluding hydrogens is 277 g/mol. The van der Waals surface area contributed by atoms with Crippen LogP contribution in [0.2, 0.25) is 0 Å². The highest BCUT2D eigenvalue weighted by atomic mass is 19.4. The zero-order valence-corrected chi connectivity index (χ0v) is 10.3. The first-order valence-corrected chi connectivity index (χ1v) is 6.19. The van der Waals surface area contributed by atoms with Crippen LogP contribution in [0.5, 0.6) is 11.5 Å². The van der Waals surface area contributed by atoms with E-state index in [9.17, 15) is 18.0 Å². The maximum absolute atomic E-state index is 12.1. The van der Waals surface area contributed by atoms with E-state index in [-0.39, 0.29) is 11.3 Å². The van der Waals surface area contributed by atoms with E-state index in [0.717, 1.165) is 25.0 Å². The second-order valence-electron chi connectivity index (χ2n) is 4.82. The van der Waals surface area contributed by atoms with Crippen molar-refractivity contribution in [3.05, 3.63) is 23.8 Å². The third-order valence-corrected chi connectivity index (χ3v) is 3.34. The van der Waals surface area contributed by atoms with Crippen molar-refractivity contribution in [3.8, 4) is 11.5 Å². The molecule has 7 heteroatoms. The van der Waals surface area contributed by atoms with E-state index in [4.69, 9.17) is 9.47 Å². The summed E-state index contributed by atoms with van der Waals surface area (Å²) in [5, 5.41) is 0. The summed E-state index contributed by atoms with van der Waals surface area (Å²) in [6.45, 7) is 0. The molecule has 1 aliphatic heterocycles. The minimum Gasteiger partial charge on any atom is -0.451 e. The van der Waals surface area contributed by atoms with Crippen LogP contribution in [0, 0.1) is 0 Å². The molecule has 1 aromatic carbocycles. The summed E-state index contributed by atoms with van der Waals surface area (Å²) in [4.78, 5) is 11.9. The van der Waals surface area contributed by atoms with Gasteiger partial charge in [-0.15, -0.1) is 13.2 Å². The Morgan fingerprint density at radius 2 is 1.85 bits per heavy atom. The first-order valence-electron chi connectivity index (χ1n) is 6.19. The van der Waals surface area contributed by atoms with Gasteiger partial charge in [-0.1, -0.05) is 0 Å². The molecule has 0 radical (unpaired) electrons. The van der Waals surface area contributed by atoms with Crippen LogP contribution in [0.4, 0.5) is 13.2 Å². The van der Waals surface area contributed by atoms with E-state index < -0.39 is 23.9 Å². The second kappa shape index (κ2) is 4.29. The van der Waals surface area contributed by atoms with Crippen LogP contribution in [0.1, 0.15) is 36.0 Å². The molecule has 1 fully saturated rings. The molecule has 0 amide bonds. The molecule has 0 unspecified atom stereocenters. The Morgan fingerprint density at radius 3 is 2.50 bits per heavy atom. The number of rotatable bonds is 1. The lowest BCUT2D eigenvalue weighted by Gasteiger charge is -2.34. The minimum atomic E-state index is -4.81. The normalized spacial score (nSPS) is 20.2. The molecule has 108 valence electrons. The summed E-state index contributed by atoms with van der Waals surface area (Å²) >= 11 is 0. The van der Waals surface area contributed by atoms with Gasteiger partial charge in [0.1, 0.15) is 17.1 Å². The number of carbonyl (C=O) groups excluding carboxylic acids is 1. The highest BCUT2D eigenvalue weighted by Crippen LogP contribution is 2.42. The summed E-state index contributed by atoms with van der Waals surface area (Å²) in [6, 6.07) is 3.40. The Balaban J connectivity index is 1.89. The van der Waals surface area contributed by atoms with Crippen LogP contribution in [-0.2, 0) is 4.74 Å².